The van der Waals surface area contributed by atoms with Crippen molar-refractivity contribution in [3.63, 3.8) is 0 Å². The third kappa shape index (κ3) is 2.46. The Morgan fingerprint density at radius 3 is 2.75 bits per heavy atom. The van der Waals surface area contributed by atoms with Crippen molar-refractivity contribution in [2.75, 3.05) is 31.4 Å². The predicted octanol–water partition coefficient (Wildman–Crippen LogP) is 2.84. The molecule has 2 rings (SSSR count). The summed E-state index contributed by atoms with van der Waals surface area (Å²) in [5, 5.41) is 0. The smallest absolute Gasteiger partial charge is 0.120 e. The molecule has 1 saturated carbocycles. The Hall–Kier alpha value is -0.830. The van der Waals surface area contributed by atoms with Crippen molar-refractivity contribution >= 4 is 18.3 Å². The van der Waals surface area contributed by atoms with Gasteiger partial charge in [-0.15, -0.1) is 0 Å². The fourth-order valence-corrected chi connectivity index (χ4v) is 2.40. The Bertz CT molecular complexity index is 363. The molecule has 0 spiro atoms. The van der Waals surface area contributed by atoms with Crippen LogP contribution in [-0.4, -0.2) is 26.5 Å². The van der Waals surface area contributed by atoms with Crippen LogP contribution in [0.5, 0.6) is 5.75 Å². The zero-order valence-electron chi connectivity index (χ0n) is 9.94. The lowest BCUT2D eigenvalue weighted by Gasteiger charge is -2.24. The number of hydrogen-bond acceptors (Lipinski definition) is 3. The fraction of sp³-hybridized carbons (Fsp3) is 0.538. The van der Waals surface area contributed by atoms with Crippen LogP contribution in [-0.2, 0) is 0 Å². The minimum Gasteiger partial charge on any atom is -0.497 e. The summed E-state index contributed by atoms with van der Waals surface area (Å²) in [6.45, 7) is 1.09. The zero-order valence-corrected chi connectivity index (χ0v) is 10.8. The van der Waals surface area contributed by atoms with Gasteiger partial charge in [-0.25, -0.2) is 0 Å². The number of ether oxygens (including phenoxy) is 1. The molecule has 0 aliphatic heterocycles. The van der Waals surface area contributed by atoms with Crippen LogP contribution in [0.3, 0.4) is 0 Å². The molecule has 0 aromatic heterocycles. The molecule has 3 heteroatoms. The topological polar surface area (TPSA) is 12.5 Å². The lowest BCUT2D eigenvalue weighted by molar-refractivity contribution is 0.414. The summed E-state index contributed by atoms with van der Waals surface area (Å²) < 4.78 is 5.24. The second-order valence-electron chi connectivity index (χ2n) is 4.72. The Labute approximate surface area is 103 Å². The van der Waals surface area contributed by atoms with Gasteiger partial charge in [-0.1, -0.05) is 6.07 Å². The van der Waals surface area contributed by atoms with Crippen LogP contribution in [0.15, 0.2) is 24.3 Å². The Morgan fingerprint density at radius 1 is 1.44 bits per heavy atom. The maximum Gasteiger partial charge on any atom is 0.120 e. The summed E-state index contributed by atoms with van der Waals surface area (Å²) in [6, 6.07) is 8.21. The molecule has 16 heavy (non-hydrogen) atoms. The maximum absolute atomic E-state index is 5.24. The van der Waals surface area contributed by atoms with E-state index >= 15 is 0 Å². The number of hydrogen-bond donors (Lipinski definition) is 1. The van der Waals surface area contributed by atoms with Gasteiger partial charge in [0, 0.05) is 25.3 Å². The van der Waals surface area contributed by atoms with Crippen molar-refractivity contribution in [1.29, 1.82) is 0 Å². The molecule has 0 amide bonds. The quantitative estimate of drug-likeness (QED) is 0.791. The molecule has 0 saturated heterocycles. The van der Waals surface area contributed by atoms with E-state index in [1.807, 2.05) is 12.1 Å². The van der Waals surface area contributed by atoms with Crippen molar-refractivity contribution in [1.82, 2.24) is 0 Å². The van der Waals surface area contributed by atoms with Crippen molar-refractivity contribution in [2.45, 2.75) is 12.8 Å². The van der Waals surface area contributed by atoms with Gasteiger partial charge in [0.05, 0.1) is 7.11 Å². The van der Waals surface area contributed by atoms with E-state index in [-0.39, 0.29) is 0 Å². The summed E-state index contributed by atoms with van der Waals surface area (Å²) in [5.41, 5.74) is 1.67. The van der Waals surface area contributed by atoms with Crippen LogP contribution in [0.1, 0.15) is 12.8 Å². The van der Waals surface area contributed by atoms with Gasteiger partial charge in [-0.05, 0) is 36.1 Å². The first-order valence-electron chi connectivity index (χ1n) is 5.65. The van der Waals surface area contributed by atoms with E-state index in [0.717, 1.165) is 18.0 Å². The summed E-state index contributed by atoms with van der Waals surface area (Å²) in [7, 11) is 3.84. The highest BCUT2D eigenvalue weighted by Crippen LogP contribution is 2.47. The average molecular weight is 237 g/mol. The van der Waals surface area contributed by atoms with Crippen LogP contribution in [0, 0.1) is 5.41 Å². The molecule has 1 aromatic rings. The lowest BCUT2D eigenvalue weighted by Crippen LogP contribution is -2.27. The Kier molecular flexibility index (Phi) is 3.33. The molecular weight excluding hydrogens is 218 g/mol. The highest BCUT2D eigenvalue weighted by Gasteiger charge is 2.42. The van der Waals surface area contributed by atoms with E-state index in [4.69, 9.17) is 4.74 Å². The summed E-state index contributed by atoms with van der Waals surface area (Å²) in [6.07, 6.45) is 2.62. The van der Waals surface area contributed by atoms with Crippen molar-refractivity contribution in [3.8, 4) is 5.75 Å². The summed E-state index contributed by atoms with van der Waals surface area (Å²) >= 11 is 4.44. The molecule has 0 bridgehead atoms. The molecule has 0 unspecified atom stereocenters. The van der Waals surface area contributed by atoms with Gasteiger partial charge >= 0.3 is 0 Å². The van der Waals surface area contributed by atoms with Crippen LogP contribution < -0.4 is 9.64 Å². The number of benzene rings is 1. The molecule has 0 heterocycles. The third-order valence-corrected chi connectivity index (χ3v) is 4.03. The Morgan fingerprint density at radius 2 is 2.19 bits per heavy atom. The monoisotopic (exact) mass is 237 g/mol. The lowest BCUT2D eigenvalue weighted by atomic mass is 10.1. The van der Waals surface area contributed by atoms with Crippen LogP contribution in [0.4, 0.5) is 5.69 Å². The van der Waals surface area contributed by atoms with E-state index in [9.17, 15) is 0 Å². The zero-order chi connectivity index (χ0) is 11.6. The predicted molar refractivity (Wildman–Crippen MR) is 71.8 cm³/mol. The van der Waals surface area contributed by atoms with Gasteiger partial charge in [0.2, 0.25) is 0 Å². The number of rotatable bonds is 5. The van der Waals surface area contributed by atoms with E-state index in [1.54, 1.807) is 7.11 Å². The molecular formula is C13H19NOS. The van der Waals surface area contributed by atoms with Gasteiger partial charge < -0.3 is 9.64 Å². The summed E-state index contributed by atoms with van der Waals surface area (Å²) in [4.78, 5) is 2.30. The molecule has 2 nitrogen and oxygen atoms in total. The molecule has 0 N–H and O–H groups in total. The average Bonchev–Trinajstić information content (AvgIpc) is 3.09. The van der Waals surface area contributed by atoms with E-state index < -0.39 is 0 Å². The van der Waals surface area contributed by atoms with Gasteiger partial charge in [0.1, 0.15) is 5.75 Å². The van der Waals surface area contributed by atoms with Gasteiger partial charge in [-0.3, -0.25) is 0 Å². The molecule has 1 aliphatic carbocycles. The fourth-order valence-electron chi connectivity index (χ4n) is 1.99. The minimum atomic E-state index is 0.459. The van der Waals surface area contributed by atoms with Crippen molar-refractivity contribution in [3.05, 3.63) is 24.3 Å². The third-order valence-electron chi connectivity index (χ3n) is 3.36. The molecule has 1 fully saturated rings. The number of thiol groups is 1. The second kappa shape index (κ2) is 4.58. The van der Waals surface area contributed by atoms with Gasteiger partial charge in [0.25, 0.3) is 0 Å². The highest BCUT2D eigenvalue weighted by molar-refractivity contribution is 7.80. The van der Waals surface area contributed by atoms with Crippen LogP contribution in [0.25, 0.3) is 0 Å². The van der Waals surface area contributed by atoms with Crippen LogP contribution in [0.2, 0.25) is 0 Å². The SMILES string of the molecule is COc1cccc(N(C)CC2(CS)CC2)c1. The first-order valence-corrected chi connectivity index (χ1v) is 6.28. The maximum atomic E-state index is 5.24. The van der Waals surface area contributed by atoms with E-state index in [0.29, 0.717) is 5.41 Å². The number of anilines is 1. The van der Waals surface area contributed by atoms with E-state index in [1.165, 1.54) is 18.5 Å². The molecule has 88 valence electrons. The minimum absolute atomic E-state index is 0.459. The first kappa shape index (κ1) is 11.6. The summed E-state index contributed by atoms with van der Waals surface area (Å²) in [5.74, 6) is 1.90. The molecule has 1 aliphatic rings. The van der Waals surface area contributed by atoms with Gasteiger partial charge in [0.15, 0.2) is 0 Å². The van der Waals surface area contributed by atoms with Gasteiger partial charge in [-0.2, -0.15) is 12.6 Å². The molecule has 1 aromatic carbocycles. The number of nitrogens with zero attached hydrogens (tertiary/aromatic N) is 1. The number of methoxy groups -OCH3 is 1. The first-order chi connectivity index (χ1) is 7.69. The highest BCUT2D eigenvalue weighted by atomic mass is 32.1. The second-order valence-corrected chi connectivity index (χ2v) is 5.03. The largest absolute Gasteiger partial charge is 0.497 e. The van der Waals surface area contributed by atoms with Crippen molar-refractivity contribution < 1.29 is 4.74 Å². The van der Waals surface area contributed by atoms with E-state index in [2.05, 4.69) is 36.7 Å². The van der Waals surface area contributed by atoms with Crippen LogP contribution >= 0.6 is 12.6 Å². The standard InChI is InChI=1S/C13H19NOS/c1-14(9-13(10-16)6-7-13)11-4-3-5-12(8-11)15-2/h3-5,8,16H,6-7,9-10H2,1-2H3. The normalized spacial score (nSPS) is 16.9. The molecule has 0 atom stereocenters. The van der Waals surface area contributed by atoms with Crippen molar-refractivity contribution in [2.24, 2.45) is 5.41 Å². The Balaban J connectivity index is 2.05. The molecule has 0 radical (unpaired) electrons.